The van der Waals surface area contributed by atoms with Crippen molar-refractivity contribution in [2.75, 3.05) is 13.1 Å². The van der Waals surface area contributed by atoms with E-state index in [0.717, 1.165) is 35.8 Å². The van der Waals surface area contributed by atoms with Gasteiger partial charge in [-0.1, -0.05) is 78.0 Å². The molecule has 10 atom stereocenters. The molecule has 31 heteroatoms. The Labute approximate surface area is 585 Å². The van der Waals surface area contributed by atoms with Crippen molar-refractivity contribution in [3.63, 3.8) is 0 Å². The van der Waals surface area contributed by atoms with E-state index in [4.69, 9.17) is 10.8 Å². The number of carboxylic acids is 1. The lowest BCUT2D eigenvalue weighted by Gasteiger charge is -2.35. The van der Waals surface area contributed by atoms with E-state index >= 15 is 0 Å². The van der Waals surface area contributed by atoms with Gasteiger partial charge < -0.3 is 52.4 Å². The van der Waals surface area contributed by atoms with Gasteiger partial charge in [-0.15, -0.1) is 13.2 Å². The maximum atomic E-state index is 14.4. The van der Waals surface area contributed by atoms with Gasteiger partial charge in [-0.05, 0) is 124 Å². The molecule has 101 heavy (non-hydrogen) atoms. The highest BCUT2D eigenvalue weighted by Gasteiger charge is 2.64. The molecule has 29 nitrogen and oxygen atoms in total. The van der Waals surface area contributed by atoms with Crippen molar-refractivity contribution in [3.05, 3.63) is 115 Å². The number of para-hydroxylation sites is 2. The van der Waals surface area contributed by atoms with Gasteiger partial charge in [0.1, 0.15) is 35.2 Å². The van der Waals surface area contributed by atoms with E-state index < -0.39 is 148 Å². The van der Waals surface area contributed by atoms with Gasteiger partial charge in [0, 0.05) is 84.2 Å². The van der Waals surface area contributed by atoms with Crippen molar-refractivity contribution < 1.29 is 84.6 Å². The first-order valence-electron chi connectivity index (χ1n) is 34.2. The quantitative estimate of drug-likeness (QED) is 0.0220. The number of sulfonamides is 2. The van der Waals surface area contributed by atoms with Gasteiger partial charge in [-0.3, -0.25) is 57.8 Å². The van der Waals surface area contributed by atoms with Gasteiger partial charge in [0.25, 0.3) is 17.3 Å². The number of nitrogens with two attached hydrogens (primary N) is 1. The van der Waals surface area contributed by atoms with Gasteiger partial charge in [-0.25, -0.2) is 21.6 Å². The Balaban J connectivity index is 0.000000188. The van der Waals surface area contributed by atoms with E-state index in [-0.39, 0.29) is 67.9 Å². The fraction of sp³-hybridized carbons (Fsp3) is 0.543. The van der Waals surface area contributed by atoms with Crippen LogP contribution in [0, 0.1) is 39.7 Å². The number of aromatic carboxylic acids is 1. The molecule has 2 aromatic carbocycles. The van der Waals surface area contributed by atoms with Crippen LogP contribution in [0.25, 0.3) is 21.8 Å². The molecule has 0 bridgehead atoms. The lowest BCUT2D eigenvalue weighted by Crippen LogP contribution is -2.60. The number of rotatable bonds is 23. The number of pyridine rings is 2. The second-order valence-electron chi connectivity index (χ2n) is 30.3. The molecule has 6 aliphatic carbocycles. The number of hydrogen-bond acceptors (Lipinski definition) is 17. The molecule has 11 N–H and O–H groups in total. The van der Waals surface area contributed by atoms with Crippen molar-refractivity contribution >= 4 is 101 Å². The number of benzene rings is 2. The van der Waals surface area contributed by atoms with Crippen LogP contribution in [0.15, 0.2) is 98.1 Å². The molecule has 6 saturated carbocycles. The molecule has 2 aliphatic heterocycles. The second kappa shape index (κ2) is 28.7. The Hall–Kier alpha value is -9.10. The standard InChI is InChI=1S/C35H44N6O8S.C25H39N5O6S.C10H7NO3/c1-5-22-18-35(22,33(46)39-50(48,49)24-13-14-24)38-31(44)27-17-23(36-30(43)26-15-12-21-8-6-7-9-25(21)41(26)47)19-40(27)32(45)29(34(2,3)4)37-28(42)16-20-10-11-20;1-5-15-12-25(15,23(34)29-37(35,36)17-8-9-17)28-21(32)18-11-16(26)13-30(18)22(33)20(24(2,3)4)27-19(31)10-14-6-7-14;12-10(13)9-6-5-7-3-1-2-4-8(7)11(9)14/h5-9,12,15,20,22-24,27,29H,1,10-11,13-14,16-19H2,2-4H3,(H4-,36,37,38,39,42,43,44,46,47);5,14-18,20H,1,6-13,26H2,2-4H3,(H,27,31)(H,28,32)(H,29,34);1-6H,(H,12,13)/p+1/t22?,23-,27+,29-,35?;15?,16-,18+,20-,25?;/m11./s1. The predicted molar refractivity (Wildman–Crippen MR) is 367 cm³/mol. The smallest absolute Gasteiger partial charge is 0.402 e. The summed E-state index contributed by atoms with van der Waals surface area (Å²) in [5.41, 5.74) is 2.22. The fourth-order valence-electron chi connectivity index (χ4n) is 13.0. The molecule has 4 heterocycles. The average Bonchev–Trinajstić information content (AvgIpc) is 1.58. The number of nitrogens with one attached hydrogen (secondary N) is 7. The van der Waals surface area contributed by atoms with Crippen LogP contribution >= 0.6 is 0 Å². The number of amides is 9. The maximum absolute atomic E-state index is 14.4. The third-order valence-corrected chi connectivity index (χ3v) is 23.5. The summed E-state index contributed by atoms with van der Waals surface area (Å²) in [6.45, 7) is 18.4. The summed E-state index contributed by atoms with van der Waals surface area (Å²) in [4.78, 5) is 134. The number of carboxylic acid groups (broad SMARTS) is 1. The van der Waals surface area contributed by atoms with E-state index in [0.29, 0.717) is 65.6 Å². The summed E-state index contributed by atoms with van der Waals surface area (Å²) in [6, 6.07) is 14.6. The Morgan fingerprint density at radius 1 is 0.614 bits per heavy atom. The lowest BCUT2D eigenvalue weighted by atomic mass is 9.85. The molecule has 8 fully saturated rings. The van der Waals surface area contributed by atoms with Gasteiger partial charge >= 0.3 is 23.3 Å². The molecular weight excluding hydrogens is 1340 g/mol. The van der Waals surface area contributed by atoms with E-state index in [1.54, 1.807) is 81.4 Å². The Morgan fingerprint density at radius 2 is 1.03 bits per heavy atom. The number of carbonyl (C=O) groups is 10. The van der Waals surface area contributed by atoms with Crippen molar-refractivity contribution in [2.24, 2.45) is 40.2 Å². The third kappa shape index (κ3) is 17.1. The van der Waals surface area contributed by atoms with E-state index in [1.165, 1.54) is 34.1 Å². The second-order valence-corrected chi connectivity index (χ2v) is 34.2. The Bertz CT molecular complexity index is 4260. The van der Waals surface area contributed by atoms with Gasteiger partial charge in [0.2, 0.25) is 61.0 Å². The third-order valence-electron chi connectivity index (χ3n) is 19.9. The van der Waals surface area contributed by atoms with E-state index in [2.05, 4.69) is 49.2 Å². The van der Waals surface area contributed by atoms with Gasteiger partial charge in [0.05, 0.1) is 15.9 Å². The van der Waals surface area contributed by atoms with Crippen LogP contribution < -0.4 is 51.2 Å². The molecule has 0 spiro atoms. The zero-order valence-electron chi connectivity index (χ0n) is 57.4. The van der Waals surface area contributed by atoms with Crippen LogP contribution in [0.3, 0.4) is 0 Å². The first kappa shape index (κ1) is 74.6. The van der Waals surface area contributed by atoms with Crippen LogP contribution in [0.5, 0.6) is 0 Å². The molecular formula is C70H91N12O17S2+. The Kier molecular flexibility index (Phi) is 21.2. The molecule has 2 aromatic heterocycles. The number of carbonyl (C=O) groups excluding carboxylic acids is 9. The van der Waals surface area contributed by atoms with E-state index in [1.807, 2.05) is 20.8 Å². The molecule has 4 aromatic rings. The van der Waals surface area contributed by atoms with Crippen LogP contribution in [0.2, 0.25) is 0 Å². The molecule has 8 aliphatic rings. The van der Waals surface area contributed by atoms with Crippen molar-refractivity contribution in [1.82, 2.24) is 45.8 Å². The summed E-state index contributed by atoms with van der Waals surface area (Å²) < 4.78 is 55.4. The normalized spacial score (nSPS) is 25.1. The highest BCUT2D eigenvalue weighted by Crippen LogP contribution is 2.47. The maximum Gasteiger partial charge on any atom is 0.402 e. The number of nitrogens with zero attached hydrogens (tertiary/aromatic N) is 4. The van der Waals surface area contributed by atoms with Gasteiger partial charge in [0.15, 0.2) is 0 Å². The van der Waals surface area contributed by atoms with Crippen LogP contribution in [0.4, 0.5) is 0 Å². The highest BCUT2D eigenvalue weighted by molar-refractivity contribution is 7.91. The van der Waals surface area contributed by atoms with Crippen LogP contribution in [-0.2, 0) is 58.4 Å². The number of hydrogen-bond donors (Lipinski definition) is 10. The number of aromatic nitrogens is 2. The zero-order valence-corrected chi connectivity index (χ0v) is 59.1. The highest BCUT2D eigenvalue weighted by atomic mass is 32.2. The Morgan fingerprint density at radius 3 is 1.45 bits per heavy atom. The first-order chi connectivity index (χ1) is 47.4. The van der Waals surface area contributed by atoms with Crippen molar-refractivity contribution in [3.8, 4) is 0 Å². The molecule has 12 rings (SSSR count). The SMILES string of the molecule is C=CC1CC1(NC(=O)[C@@H]1C[C@@H](N)CN1C(=O)[C@@H](NC(=O)CC1CC1)C(C)(C)C)C(=O)NS(=O)(=O)C1CC1.C=CC1CC1(NC(=O)[C@@H]1C[C@@H](NC(=O)c2ccc3ccccc3[n+]2O)CN1C(=O)[C@@H](NC(=O)CC1CC1)C(C)(C)C)C(=O)NS(=O)(=O)C1CC1.O=C(O)c1ccc2ccccc2[n+]1[O-]. The summed E-state index contributed by atoms with van der Waals surface area (Å²) in [5, 5.41) is 45.3. The first-order valence-corrected chi connectivity index (χ1v) is 37.3. The summed E-state index contributed by atoms with van der Waals surface area (Å²) >= 11 is 0. The summed E-state index contributed by atoms with van der Waals surface area (Å²) in [5.74, 6) is -6.56. The fourth-order valence-corrected chi connectivity index (χ4v) is 15.8. The monoisotopic (exact) mass is 1440 g/mol. The zero-order chi connectivity index (χ0) is 73.6. The van der Waals surface area contributed by atoms with Crippen LogP contribution in [0.1, 0.15) is 152 Å². The molecule has 544 valence electrons. The lowest BCUT2D eigenvalue weighted by molar-refractivity contribution is -0.885. The molecule has 9 amide bonds. The minimum atomic E-state index is -3.91. The topological polar surface area (TPSA) is 427 Å². The number of fused-ring (bicyclic) bond motifs is 2. The van der Waals surface area contributed by atoms with Crippen molar-refractivity contribution in [1.29, 1.82) is 0 Å². The largest absolute Gasteiger partial charge is 0.618 e. The van der Waals surface area contributed by atoms with Gasteiger partial charge in [-0.2, -0.15) is 4.73 Å². The van der Waals surface area contributed by atoms with Crippen LogP contribution in [-0.4, -0.2) is 167 Å². The molecule has 2 saturated heterocycles. The minimum Gasteiger partial charge on any atom is -0.618 e. The summed E-state index contributed by atoms with van der Waals surface area (Å²) in [6.07, 6.45) is 9.91. The number of likely N-dealkylation sites (tertiary alicyclic amines) is 2. The minimum absolute atomic E-state index is 0.0496. The van der Waals surface area contributed by atoms with E-state index in [9.17, 15) is 75.2 Å². The summed E-state index contributed by atoms with van der Waals surface area (Å²) in [7, 11) is -7.71. The molecule has 4 unspecified atom stereocenters. The predicted octanol–water partition coefficient (Wildman–Crippen LogP) is 2.15. The average molecular weight is 1440 g/mol. The van der Waals surface area contributed by atoms with Crippen molar-refractivity contribution in [2.45, 2.75) is 189 Å². The molecule has 0 radical (unpaired) electrons.